The van der Waals surface area contributed by atoms with Crippen LogP contribution >= 0.6 is 0 Å². The van der Waals surface area contributed by atoms with Crippen LogP contribution in [0.2, 0.25) is 0 Å². The summed E-state index contributed by atoms with van der Waals surface area (Å²) >= 11 is 0. The van der Waals surface area contributed by atoms with E-state index in [0.717, 1.165) is 51.5 Å². The van der Waals surface area contributed by atoms with Crippen molar-refractivity contribution in [3.63, 3.8) is 0 Å². The Morgan fingerprint density at radius 1 is 1.24 bits per heavy atom. The molecule has 3 fully saturated rings. The Bertz CT molecular complexity index is 786. The first-order valence-electron chi connectivity index (χ1n) is 11.4. The monoisotopic (exact) mass is 472 g/mol. The number of aliphatic carboxylic acids is 1. The average molecular weight is 473 g/mol. The number of nitrogens with zero attached hydrogens (tertiary/aromatic N) is 2. The molecule has 0 radical (unpaired) electrons. The zero-order valence-electron chi connectivity index (χ0n) is 18.6. The molecule has 2 saturated heterocycles. The Balaban J connectivity index is 0.000000383. The molecular weight excluding hydrogens is 441 g/mol. The molecule has 1 aromatic heterocycles. The zero-order chi connectivity index (χ0) is 23.9. The molecule has 10 heteroatoms. The first-order chi connectivity index (χ1) is 15.7. The van der Waals surface area contributed by atoms with Gasteiger partial charge in [-0.2, -0.15) is 13.2 Å². The van der Waals surface area contributed by atoms with Crippen molar-refractivity contribution < 1.29 is 37.3 Å². The average Bonchev–Trinajstić information content (AvgIpc) is 3.32. The molecule has 2 atom stereocenters. The Kier molecular flexibility index (Phi) is 8.69. The molecule has 2 unspecified atom stereocenters. The maximum Gasteiger partial charge on any atom is 0.490 e. The molecule has 1 N–H and O–H groups in total. The predicted molar refractivity (Wildman–Crippen MR) is 113 cm³/mol. The quantitative estimate of drug-likeness (QED) is 0.699. The lowest BCUT2D eigenvalue weighted by Gasteiger charge is -2.50. The van der Waals surface area contributed by atoms with Crippen molar-refractivity contribution in [2.45, 2.75) is 57.2 Å². The zero-order valence-corrected chi connectivity index (χ0v) is 18.6. The smallest absolute Gasteiger partial charge is 0.475 e. The topological polar surface area (TPSA) is 89.0 Å². The fourth-order valence-electron chi connectivity index (χ4n) is 4.95. The third-order valence-electron chi connectivity index (χ3n) is 6.64. The summed E-state index contributed by atoms with van der Waals surface area (Å²) in [6.45, 7) is 3.90. The number of amides is 1. The molecule has 1 aliphatic carbocycles. The Morgan fingerprint density at radius 2 is 1.97 bits per heavy atom. The van der Waals surface area contributed by atoms with Crippen molar-refractivity contribution in [1.29, 1.82) is 0 Å². The second-order valence-corrected chi connectivity index (χ2v) is 9.05. The molecule has 0 spiro atoms. The molecule has 0 aromatic carbocycles. The number of alkyl halides is 3. The molecule has 4 rings (SSSR count). The standard InChI is InChI=1S/C21H30N2O3.C2HF3O2/c24-20(18-7-3-10-22-13-18)23-11-8-19-21(15-23,9-4-12-26-19)16-25-14-17-5-1-2-6-17;3-2(4,5)1(6)7/h3,7,10,13,17,19H,1-2,4-6,8-9,11-12,14-16H2;(H,6,7). The van der Waals surface area contributed by atoms with Crippen molar-refractivity contribution in [2.75, 3.05) is 32.9 Å². The molecule has 7 nitrogen and oxygen atoms in total. The number of carboxylic acids is 1. The molecule has 1 saturated carbocycles. The third-order valence-corrected chi connectivity index (χ3v) is 6.64. The maximum atomic E-state index is 12.9. The Labute approximate surface area is 191 Å². The number of hydrogen-bond acceptors (Lipinski definition) is 5. The summed E-state index contributed by atoms with van der Waals surface area (Å²) in [5, 5.41) is 7.12. The summed E-state index contributed by atoms with van der Waals surface area (Å²) in [7, 11) is 0. The van der Waals surface area contributed by atoms with E-state index in [9.17, 15) is 18.0 Å². The number of carbonyl (C=O) groups is 2. The van der Waals surface area contributed by atoms with Crippen LogP contribution < -0.4 is 0 Å². The van der Waals surface area contributed by atoms with Crippen LogP contribution in [-0.2, 0) is 14.3 Å². The Morgan fingerprint density at radius 3 is 2.61 bits per heavy atom. The first-order valence-corrected chi connectivity index (χ1v) is 11.4. The van der Waals surface area contributed by atoms with E-state index in [1.807, 2.05) is 17.0 Å². The molecule has 2 aliphatic heterocycles. The number of piperidine rings is 1. The number of likely N-dealkylation sites (tertiary alicyclic amines) is 1. The summed E-state index contributed by atoms with van der Waals surface area (Å²) < 4.78 is 44.1. The van der Waals surface area contributed by atoms with Gasteiger partial charge in [0.15, 0.2) is 0 Å². The number of carbonyl (C=O) groups excluding carboxylic acids is 1. The highest BCUT2D eigenvalue weighted by molar-refractivity contribution is 5.94. The van der Waals surface area contributed by atoms with Crippen LogP contribution in [0.3, 0.4) is 0 Å². The molecule has 0 bridgehead atoms. The first kappa shape index (κ1) is 25.4. The fourth-order valence-corrected chi connectivity index (χ4v) is 4.95. The predicted octanol–water partition coefficient (Wildman–Crippen LogP) is 3.93. The Hall–Kier alpha value is -2.20. The van der Waals surface area contributed by atoms with E-state index in [1.54, 1.807) is 12.4 Å². The number of carboxylic acid groups (broad SMARTS) is 1. The van der Waals surface area contributed by atoms with E-state index in [4.69, 9.17) is 19.4 Å². The van der Waals surface area contributed by atoms with Crippen molar-refractivity contribution in [3.05, 3.63) is 30.1 Å². The lowest BCUT2D eigenvalue weighted by Crippen LogP contribution is -2.58. The van der Waals surface area contributed by atoms with Gasteiger partial charge in [0.2, 0.25) is 0 Å². The minimum absolute atomic E-state index is 0.0486. The van der Waals surface area contributed by atoms with E-state index in [-0.39, 0.29) is 17.4 Å². The molecular formula is C23H31F3N2O5. The van der Waals surface area contributed by atoms with E-state index < -0.39 is 12.1 Å². The van der Waals surface area contributed by atoms with E-state index >= 15 is 0 Å². The number of hydrogen-bond donors (Lipinski definition) is 1. The maximum absolute atomic E-state index is 12.9. The van der Waals surface area contributed by atoms with Gasteiger partial charge in [0.1, 0.15) is 0 Å². The van der Waals surface area contributed by atoms with Gasteiger partial charge in [-0.25, -0.2) is 4.79 Å². The SMILES string of the molecule is O=C(O)C(F)(F)F.O=C(c1cccnc1)N1CCC2OCCCC2(COCC2CCCC2)C1. The van der Waals surface area contributed by atoms with Gasteiger partial charge in [0, 0.05) is 44.1 Å². The largest absolute Gasteiger partial charge is 0.490 e. The van der Waals surface area contributed by atoms with Crippen LogP contribution in [-0.4, -0.2) is 72.1 Å². The van der Waals surface area contributed by atoms with Gasteiger partial charge in [-0.1, -0.05) is 12.8 Å². The lowest BCUT2D eigenvalue weighted by molar-refractivity contribution is -0.192. The highest BCUT2D eigenvalue weighted by Crippen LogP contribution is 2.41. The van der Waals surface area contributed by atoms with Crippen LogP contribution in [0.1, 0.15) is 55.3 Å². The van der Waals surface area contributed by atoms with Gasteiger partial charge in [-0.3, -0.25) is 9.78 Å². The van der Waals surface area contributed by atoms with Crippen molar-refractivity contribution in [2.24, 2.45) is 11.3 Å². The summed E-state index contributed by atoms with van der Waals surface area (Å²) in [5.41, 5.74) is 0.622. The van der Waals surface area contributed by atoms with E-state index in [2.05, 4.69) is 4.98 Å². The highest BCUT2D eigenvalue weighted by Gasteiger charge is 2.47. The molecule has 3 aliphatic rings. The summed E-state index contributed by atoms with van der Waals surface area (Å²) in [6, 6.07) is 3.67. The minimum atomic E-state index is -5.08. The van der Waals surface area contributed by atoms with Crippen LogP contribution in [0.25, 0.3) is 0 Å². The van der Waals surface area contributed by atoms with Crippen molar-refractivity contribution in [3.8, 4) is 0 Å². The summed E-state index contributed by atoms with van der Waals surface area (Å²) in [4.78, 5) is 27.9. The summed E-state index contributed by atoms with van der Waals surface area (Å²) in [6.07, 6.45) is 6.84. The van der Waals surface area contributed by atoms with Crippen LogP contribution in [0.4, 0.5) is 13.2 Å². The number of halogens is 3. The van der Waals surface area contributed by atoms with Gasteiger partial charge in [0.05, 0.1) is 18.3 Å². The van der Waals surface area contributed by atoms with Crippen molar-refractivity contribution in [1.82, 2.24) is 9.88 Å². The van der Waals surface area contributed by atoms with Crippen molar-refractivity contribution >= 4 is 11.9 Å². The van der Waals surface area contributed by atoms with Gasteiger partial charge in [0.25, 0.3) is 5.91 Å². The van der Waals surface area contributed by atoms with Crippen LogP contribution in [0.5, 0.6) is 0 Å². The van der Waals surface area contributed by atoms with Crippen LogP contribution in [0.15, 0.2) is 24.5 Å². The molecule has 1 amide bonds. The van der Waals surface area contributed by atoms with Crippen LogP contribution in [0, 0.1) is 11.3 Å². The molecule has 33 heavy (non-hydrogen) atoms. The third kappa shape index (κ3) is 6.89. The van der Waals surface area contributed by atoms with Gasteiger partial charge in [-0.15, -0.1) is 0 Å². The minimum Gasteiger partial charge on any atom is -0.475 e. The fraction of sp³-hybridized carbons (Fsp3) is 0.696. The number of pyridine rings is 1. The number of rotatable bonds is 5. The summed E-state index contributed by atoms with van der Waals surface area (Å²) in [5.74, 6) is -1.95. The molecule has 184 valence electrons. The van der Waals surface area contributed by atoms with Gasteiger partial charge in [-0.05, 0) is 50.2 Å². The lowest BCUT2D eigenvalue weighted by atomic mass is 9.73. The second-order valence-electron chi connectivity index (χ2n) is 9.05. The normalized spacial score (nSPS) is 25.7. The number of fused-ring (bicyclic) bond motifs is 1. The molecule has 1 aromatic rings. The number of aromatic nitrogens is 1. The molecule has 3 heterocycles. The highest BCUT2D eigenvalue weighted by atomic mass is 19.4. The van der Waals surface area contributed by atoms with E-state index in [0.29, 0.717) is 12.2 Å². The number of ether oxygens (including phenoxy) is 2. The second kappa shape index (κ2) is 11.3. The van der Waals surface area contributed by atoms with Gasteiger partial charge >= 0.3 is 12.1 Å². The van der Waals surface area contributed by atoms with Gasteiger partial charge < -0.3 is 19.5 Å². The van der Waals surface area contributed by atoms with E-state index in [1.165, 1.54) is 25.7 Å².